The minimum absolute atomic E-state index is 0.128. The fourth-order valence-corrected chi connectivity index (χ4v) is 2.73. The van der Waals surface area contributed by atoms with Crippen LogP contribution in [0.3, 0.4) is 0 Å². The third-order valence-electron chi connectivity index (χ3n) is 2.31. The van der Waals surface area contributed by atoms with Gasteiger partial charge in [-0.1, -0.05) is 22.0 Å². The van der Waals surface area contributed by atoms with Crippen LogP contribution in [0.1, 0.15) is 15.2 Å². The number of benzene rings is 1. The molecule has 2 aromatic rings. The lowest BCUT2D eigenvalue weighted by molar-refractivity contribution is 0.103. The Morgan fingerprint density at radius 1 is 1.47 bits per heavy atom. The Morgan fingerprint density at radius 2 is 2.24 bits per heavy atom. The quantitative estimate of drug-likeness (QED) is 0.832. The van der Waals surface area contributed by atoms with E-state index < -0.39 is 0 Å². The van der Waals surface area contributed by atoms with Crippen molar-refractivity contribution < 1.29 is 4.79 Å². The highest BCUT2D eigenvalue weighted by Gasteiger charge is 2.11. The molecule has 1 amide bonds. The molecular formula is C12H11BrN2OS. The number of aryl methyl sites for hydroxylation is 1. The lowest BCUT2D eigenvalue weighted by atomic mass is 10.1. The number of amides is 1. The molecule has 3 N–H and O–H groups in total. The highest BCUT2D eigenvalue weighted by atomic mass is 79.9. The van der Waals surface area contributed by atoms with Crippen molar-refractivity contribution in [3.8, 4) is 0 Å². The second-order valence-corrected chi connectivity index (χ2v) is 5.48. The molecule has 1 heterocycles. The normalized spacial score (nSPS) is 10.2. The molecule has 0 unspecified atom stereocenters. The molecule has 17 heavy (non-hydrogen) atoms. The molecule has 1 aromatic heterocycles. The lowest BCUT2D eigenvalue weighted by Gasteiger charge is -2.11. The summed E-state index contributed by atoms with van der Waals surface area (Å²) in [5.41, 5.74) is 8.04. The van der Waals surface area contributed by atoms with E-state index in [0.717, 1.165) is 10.0 Å². The van der Waals surface area contributed by atoms with Gasteiger partial charge in [-0.2, -0.15) is 0 Å². The summed E-state index contributed by atoms with van der Waals surface area (Å²) < 4.78 is 0.904. The zero-order valence-electron chi connectivity index (χ0n) is 9.16. The Morgan fingerprint density at radius 3 is 2.82 bits per heavy atom. The predicted molar refractivity (Wildman–Crippen MR) is 75.6 cm³/mol. The van der Waals surface area contributed by atoms with Gasteiger partial charge in [-0.3, -0.25) is 4.79 Å². The topological polar surface area (TPSA) is 55.1 Å². The Labute approximate surface area is 112 Å². The van der Waals surface area contributed by atoms with E-state index in [2.05, 4.69) is 21.2 Å². The minimum Gasteiger partial charge on any atom is -0.397 e. The number of hydrogen-bond acceptors (Lipinski definition) is 3. The highest BCUT2D eigenvalue weighted by molar-refractivity contribution is 9.10. The summed E-state index contributed by atoms with van der Waals surface area (Å²) in [5.74, 6) is -0.128. The second-order valence-electron chi connectivity index (χ2n) is 3.62. The van der Waals surface area contributed by atoms with Gasteiger partial charge < -0.3 is 11.1 Å². The molecule has 0 spiro atoms. The van der Waals surface area contributed by atoms with Crippen LogP contribution >= 0.6 is 27.3 Å². The number of thiophene rings is 1. The van der Waals surface area contributed by atoms with Gasteiger partial charge in [0.2, 0.25) is 0 Å². The standard InChI is InChI=1S/C12H11BrN2OS/c1-7-5-8(13)6-9(14)11(7)15-12(16)10-3-2-4-17-10/h2-6H,14H2,1H3,(H,15,16). The summed E-state index contributed by atoms with van der Waals surface area (Å²) in [5, 5.41) is 4.70. The fraction of sp³-hybridized carbons (Fsp3) is 0.0833. The molecule has 1 aromatic carbocycles. The van der Waals surface area contributed by atoms with E-state index in [4.69, 9.17) is 5.73 Å². The number of halogens is 1. The maximum Gasteiger partial charge on any atom is 0.265 e. The van der Waals surface area contributed by atoms with Crippen LogP contribution in [0.5, 0.6) is 0 Å². The van der Waals surface area contributed by atoms with Crippen LogP contribution < -0.4 is 11.1 Å². The van der Waals surface area contributed by atoms with Gasteiger partial charge in [0.05, 0.1) is 16.3 Å². The van der Waals surface area contributed by atoms with E-state index in [1.165, 1.54) is 11.3 Å². The van der Waals surface area contributed by atoms with Gasteiger partial charge in [0, 0.05) is 4.47 Å². The Kier molecular flexibility index (Phi) is 3.49. The summed E-state index contributed by atoms with van der Waals surface area (Å²) >= 11 is 4.76. The summed E-state index contributed by atoms with van der Waals surface area (Å²) in [6.45, 7) is 1.91. The van der Waals surface area contributed by atoms with Crippen molar-refractivity contribution in [1.29, 1.82) is 0 Å². The third kappa shape index (κ3) is 2.68. The zero-order chi connectivity index (χ0) is 12.4. The molecule has 0 aliphatic carbocycles. The van der Waals surface area contributed by atoms with E-state index in [-0.39, 0.29) is 5.91 Å². The van der Waals surface area contributed by atoms with Gasteiger partial charge in [-0.15, -0.1) is 11.3 Å². The SMILES string of the molecule is Cc1cc(Br)cc(N)c1NC(=O)c1cccs1. The molecule has 5 heteroatoms. The van der Waals surface area contributed by atoms with Crippen LogP contribution in [-0.4, -0.2) is 5.91 Å². The van der Waals surface area contributed by atoms with Crippen LogP contribution in [0.15, 0.2) is 34.1 Å². The molecular weight excluding hydrogens is 300 g/mol. The lowest BCUT2D eigenvalue weighted by Crippen LogP contribution is -2.12. The first kappa shape index (κ1) is 12.1. The molecule has 0 atom stereocenters. The van der Waals surface area contributed by atoms with Crippen molar-refractivity contribution >= 4 is 44.5 Å². The second kappa shape index (κ2) is 4.89. The number of nitrogen functional groups attached to an aromatic ring is 1. The Hall–Kier alpha value is -1.33. The third-order valence-corrected chi connectivity index (χ3v) is 3.64. The molecule has 0 saturated heterocycles. The van der Waals surface area contributed by atoms with Crippen molar-refractivity contribution in [3.05, 3.63) is 44.6 Å². The number of anilines is 2. The van der Waals surface area contributed by atoms with Gasteiger partial charge in [-0.25, -0.2) is 0 Å². The van der Waals surface area contributed by atoms with Gasteiger partial charge in [0.25, 0.3) is 5.91 Å². The van der Waals surface area contributed by atoms with Gasteiger partial charge in [-0.05, 0) is 36.1 Å². The van der Waals surface area contributed by atoms with Gasteiger partial charge in [0.15, 0.2) is 0 Å². The van der Waals surface area contributed by atoms with E-state index in [9.17, 15) is 4.79 Å². The van der Waals surface area contributed by atoms with Crippen LogP contribution in [0, 0.1) is 6.92 Å². The first-order valence-electron chi connectivity index (χ1n) is 4.98. The van der Waals surface area contributed by atoms with E-state index >= 15 is 0 Å². The van der Waals surface area contributed by atoms with Crippen LogP contribution in [0.4, 0.5) is 11.4 Å². The molecule has 88 valence electrons. The molecule has 0 bridgehead atoms. The largest absolute Gasteiger partial charge is 0.397 e. The number of carbonyl (C=O) groups is 1. The van der Waals surface area contributed by atoms with E-state index in [0.29, 0.717) is 16.3 Å². The maximum absolute atomic E-state index is 11.9. The molecule has 0 fully saturated rings. The number of nitrogens with two attached hydrogens (primary N) is 1. The van der Waals surface area contributed by atoms with Crippen LogP contribution in [0.2, 0.25) is 0 Å². The summed E-state index contributed by atoms with van der Waals surface area (Å²) in [7, 11) is 0. The monoisotopic (exact) mass is 310 g/mol. The zero-order valence-corrected chi connectivity index (χ0v) is 11.6. The van der Waals surface area contributed by atoms with Gasteiger partial charge >= 0.3 is 0 Å². The number of hydrogen-bond donors (Lipinski definition) is 2. The smallest absolute Gasteiger partial charge is 0.265 e. The van der Waals surface area contributed by atoms with E-state index in [1.54, 1.807) is 12.1 Å². The van der Waals surface area contributed by atoms with E-state index in [1.807, 2.05) is 24.4 Å². The van der Waals surface area contributed by atoms with Crippen molar-refractivity contribution in [2.75, 3.05) is 11.1 Å². The van der Waals surface area contributed by atoms with Crippen LogP contribution in [-0.2, 0) is 0 Å². The average molecular weight is 311 g/mol. The molecule has 3 nitrogen and oxygen atoms in total. The van der Waals surface area contributed by atoms with Crippen LogP contribution in [0.25, 0.3) is 0 Å². The first-order chi connectivity index (χ1) is 8.08. The maximum atomic E-state index is 11.9. The van der Waals surface area contributed by atoms with Crippen molar-refractivity contribution in [1.82, 2.24) is 0 Å². The fourth-order valence-electron chi connectivity index (χ4n) is 1.52. The molecule has 0 saturated carbocycles. The molecule has 0 radical (unpaired) electrons. The Balaban J connectivity index is 2.28. The molecule has 0 aliphatic heterocycles. The van der Waals surface area contributed by atoms with Crippen molar-refractivity contribution in [2.24, 2.45) is 0 Å². The average Bonchev–Trinajstić information content (AvgIpc) is 2.76. The Bertz CT molecular complexity index is 529. The number of carbonyl (C=O) groups excluding carboxylic acids is 1. The predicted octanol–water partition coefficient (Wildman–Crippen LogP) is 3.65. The van der Waals surface area contributed by atoms with Crippen molar-refractivity contribution in [3.63, 3.8) is 0 Å². The summed E-state index contributed by atoms with van der Waals surface area (Å²) in [4.78, 5) is 12.6. The molecule has 2 rings (SSSR count). The summed E-state index contributed by atoms with van der Waals surface area (Å²) in [6.07, 6.45) is 0. The summed E-state index contributed by atoms with van der Waals surface area (Å²) in [6, 6.07) is 7.32. The minimum atomic E-state index is -0.128. The number of rotatable bonds is 2. The first-order valence-corrected chi connectivity index (χ1v) is 6.65. The van der Waals surface area contributed by atoms with Crippen molar-refractivity contribution in [2.45, 2.75) is 6.92 Å². The van der Waals surface area contributed by atoms with Gasteiger partial charge in [0.1, 0.15) is 0 Å². The number of nitrogens with one attached hydrogen (secondary N) is 1. The molecule has 0 aliphatic rings. The highest BCUT2D eigenvalue weighted by Crippen LogP contribution is 2.28.